The first-order chi connectivity index (χ1) is 11.5. The largest absolute Gasteiger partial charge is 0.343 e. The highest BCUT2D eigenvalue weighted by Gasteiger charge is 2.36. The Bertz CT molecular complexity index is 675. The van der Waals surface area contributed by atoms with E-state index in [9.17, 15) is 19.2 Å². The van der Waals surface area contributed by atoms with E-state index in [1.807, 2.05) is 0 Å². The third kappa shape index (κ3) is 2.89. The van der Waals surface area contributed by atoms with Gasteiger partial charge in [0.05, 0.1) is 11.1 Å². The highest BCUT2D eigenvalue weighted by Crippen LogP contribution is 2.21. The van der Waals surface area contributed by atoms with Crippen molar-refractivity contribution < 1.29 is 19.2 Å². The fraction of sp³-hybridized carbons (Fsp3) is 0.412. The number of imide groups is 1. The first kappa shape index (κ1) is 16.2. The predicted molar refractivity (Wildman–Crippen MR) is 85.2 cm³/mol. The Morgan fingerprint density at radius 1 is 1.08 bits per heavy atom. The Kier molecular flexibility index (Phi) is 4.33. The fourth-order valence-electron chi connectivity index (χ4n) is 3.09. The number of nitrogens with zero attached hydrogens (tertiary/aromatic N) is 2. The van der Waals surface area contributed by atoms with Gasteiger partial charge in [0.25, 0.3) is 11.8 Å². The Balaban J connectivity index is 1.60. The smallest absolute Gasteiger partial charge is 0.262 e. The van der Waals surface area contributed by atoms with E-state index < -0.39 is 23.8 Å². The lowest BCUT2D eigenvalue weighted by Crippen LogP contribution is -2.49. The molecule has 0 bridgehead atoms. The molecule has 4 amide bonds. The quantitative estimate of drug-likeness (QED) is 0.811. The third-order valence-corrected chi connectivity index (χ3v) is 4.35. The summed E-state index contributed by atoms with van der Waals surface area (Å²) >= 11 is 0. The average Bonchev–Trinajstić information content (AvgIpc) is 3.18. The standard InChI is InChI=1S/C17H19N3O4/c1-11(15(22)19-8-4-5-9-19)18-14(21)10-20-16(23)12-6-2-3-7-13(12)17(20)24/h2-3,6-7,11H,4-5,8-10H2,1H3,(H,18,21)/t11-/m1/s1. The van der Waals surface area contributed by atoms with Gasteiger partial charge in [-0.15, -0.1) is 0 Å². The molecular weight excluding hydrogens is 310 g/mol. The van der Waals surface area contributed by atoms with E-state index in [4.69, 9.17) is 0 Å². The lowest BCUT2D eigenvalue weighted by atomic mass is 10.1. The molecule has 0 radical (unpaired) electrons. The van der Waals surface area contributed by atoms with Crippen LogP contribution < -0.4 is 5.32 Å². The van der Waals surface area contributed by atoms with Gasteiger partial charge in [0, 0.05) is 13.1 Å². The van der Waals surface area contributed by atoms with Crippen LogP contribution in [0.2, 0.25) is 0 Å². The van der Waals surface area contributed by atoms with Gasteiger partial charge in [-0.3, -0.25) is 24.1 Å². The normalized spacial score (nSPS) is 17.9. The zero-order chi connectivity index (χ0) is 17.3. The van der Waals surface area contributed by atoms with Crippen molar-refractivity contribution >= 4 is 23.6 Å². The number of likely N-dealkylation sites (tertiary alicyclic amines) is 1. The van der Waals surface area contributed by atoms with Gasteiger partial charge in [-0.05, 0) is 31.9 Å². The molecule has 7 heteroatoms. The van der Waals surface area contributed by atoms with E-state index in [-0.39, 0.29) is 12.5 Å². The van der Waals surface area contributed by atoms with Crippen LogP contribution in [0.5, 0.6) is 0 Å². The molecule has 0 spiro atoms. The van der Waals surface area contributed by atoms with Gasteiger partial charge >= 0.3 is 0 Å². The van der Waals surface area contributed by atoms with E-state index in [1.165, 1.54) is 0 Å². The van der Waals surface area contributed by atoms with E-state index in [1.54, 1.807) is 36.1 Å². The fourth-order valence-corrected chi connectivity index (χ4v) is 3.09. The summed E-state index contributed by atoms with van der Waals surface area (Å²) in [5.41, 5.74) is 0.605. The Morgan fingerprint density at radius 2 is 1.62 bits per heavy atom. The zero-order valence-electron chi connectivity index (χ0n) is 13.4. The number of amides is 4. The maximum absolute atomic E-state index is 12.2. The number of nitrogens with one attached hydrogen (secondary N) is 1. The van der Waals surface area contributed by atoms with Crippen molar-refractivity contribution in [3.63, 3.8) is 0 Å². The molecule has 126 valence electrons. The zero-order valence-corrected chi connectivity index (χ0v) is 13.4. The van der Waals surface area contributed by atoms with Crippen molar-refractivity contribution in [2.75, 3.05) is 19.6 Å². The first-order valence-electron chi connectivity index (χ1n) is 8.02. The minimum absolute atomic E-state index is 0.136. The van der Waals surface area contributed by atoms with E-state index in [0.717, 1.165) is 17.7 Å². The molecule has 3 rings (SSSR count). The van der Waals surface area contributed by atoms with Gasteiger partial charge in [0.2, 0.25) is 11.8 Å². The summed E-state index contributed by atoms with van der Waals surface area (Å²) in [6.45, 7) is 2.64. The molecule has 1 saturated heterocycles. The second-order valence-corrected chi connectivity index (χ2v) is 6.06. The highest BCUT2D eigenvalue weighted by atomic mass is 16.2. The minimum Gasteiger partial charge on any atom is -0.343 e. The SMILES string of the molecule is C[C@@H](NC(=O)CN1C(=O)c2ccccc2C1=O)C(=O)N1CCCC1. The molecule has 0 unspecified atom stereocenters. The number of rotatable bonds is 4. The number of hydrogen-bond acceptors (Lipinski definition) is 4. The van der Waals surface area contributed by atoms with Crippen LogP contribution in [0.4, 0.5) is 0 Å². The molecule has 0 saturated carbocycles. The number of carbonyl (C=O) groups is 4. The molecule has 2 heterocycles. The number of carbonyl (C=O) groups excluding carboxylic acids is 4. The molecule has 1 fully saturated rings. The summed E-state index contributed by atoms with van der Waals surface area (Å²) in [6, 6.07) is 5.79. The molecule has 2 aliphatic rings. The second kappa shape index (κ2) is 6.43. The number of benzene rings is 1. The lowest BCUT2D eigenvalue weighted by Gasteiger charge is -2.22. The molecule has 0 aliphatic carbocycles. The van der Waals surface area contributed by atoms with Crippen LogP contribution in [0, 0.1) is 0 Å². The van der Waals surface area contributed by atoms with Crippen LogP contribution in [0.25, 0.3) is 0 Å². The summed E-state index contributed by atoms with van der Waals surface area (Å²) in [7, 11) is 0. The maximum atomic E-state index is 12.2. The summed E-state index contributed by atoms with van der Waals surface area (Å²) in [4.78, 5) is 51.4. The van der Waals surface area contributed by atoms with Crippen LogP contribution in [0.3, 0.4) is 0 Å². The van der Waals surface area contributed by atoms with Crippen molar-refractivity contribution in [3.05, 3.63) is 35.4 Å². The van der Waals surface area contributed by atoms with E-state index in [0.29, 0.717) is 24.2 Å². The van der Waals surface area contributed by atoms with E-state index in [2.05, 4.69) is 5.32 Å². The second-order valence-electron chi connectivity index (χ2n) is 6.06. The van der Waals surface area contributed by atoms with Crippen LogP contribution in [-0.2, 0) is 9.59 Å². The summed E-state index contributed by atoms with van der Waals surface area (Å²) in [5, 5.41) is 2.58. The molecule has 1 aromatic rings. The van der Waals surface area contributed by atoms with Crippen molar-refractivity contribution in [1.82, 2.24) is 15.1 Å². The van der Waals surface area contributed by atoms with Gasteiger partial charge in [0.15, 0.2) is 0 Å². The number of fused-ring (bicyclic) bond motifs is 1. The van der Waals surface area contributed by atoms with Crippen LogP contribution in [-0.4, -0.2) is 59.1 Å². The van der Waals surface area contributed by atoms with E-state index >= 15 is 0 Å². The first-order valence-corrected chi connectivity index (χ1v) is 8.02. The predicted octanol–water partition coefficient (Wildman–Crippen LogP) is 0.410. The Hall–Kier alpha value is -2.70. The summed E-state index contributed by atoms with van der Waals surface area (Å²) in [5.74, 6) is -1.62. The summed E-state index contributed by atoms with van der Waals surface area (Å²) < 4.78 is 0. The molecule has 1 N–H and O–H groups in total. The van der Waals surface area contributed by atoms with Gasteiger partial charge in [-0.2, -0.15) is 0 Å². The van der Waals surface area contributed by atoms with Crippen molar-refractivity contribution in [1.29, 1.82) is 0 Å². The molecule has 1 atom stereocenters. The molecule has 0 aromatic heterocycles. The molecule has 1 aromatic carbocycles. The van der Waals surface area contributed by atoms with Crippen LogP contribution >= 0.6 is 0 Å². The van der Waals surface area contributed by atoms with Gasteiger partial charge in [-0.1, -0.05) is 12.1 Å². The maximum Gasteiger partial charge on any atom is 0.262 e. The van der Waals surface area contributed by atoms with Crippen molar-refractivity contribution in [2.24, 2.45) is 0 Å². The van der Waals surface area contributed by atoms with Crippen molar-refractivity contribution in [3.8, 4) is 0 Å². The Morgan fingerprint density at radius 3 is 2.17 bits per heavy atom. The monoisotopic (exact) mass is 329 g/mol. The molecule has 2 aliphatic heterocycles. The summed E-state index contributed by atoms with van der Waals surface area (Å²) in [6.07, 6.45) is 1.95. The van der Waals surface area contributed by atoms with Crippen LogP contribution in [0.15, 0.2) is 24.3 Å². The lowest BCUT2D eigenvalue weighted by molar-refractivity contribution is -0.135. The van der Waals surface area contributed by atoms with Gasteiger partial charge < -0.3 is 10.2 Å². The molecule has 7 nitrogen and oxygen atoms in total. The topological polar surface area (TPSA) is 86.8 Å². The highest BCUT2D eigenvalue weighted by molar-refractivity contribution is 6.22. The van der Waals surface area contributed by atoms with Crippen molar-refractivity contribution in [2.45, 2.75) is 25.8 Å². The average molecular weight is 329 g/mol. The van der Waals surface area contributed by atoms with Crippen LogP contribution in [0.1, 0.15) is 40.5 Å². The third-order valence-electron chi connectivity index (χ3n) is 4.35. The molecular formula is C17H19N3O4. The minimum atomic E-state index is -0.675. The van der Waals surface area contributed by atoms with Gasteiger partial charge in [-0.25, -0.2) is 0 Å². The van der Waals surface area contributed by atoms with Gasteiger partial charge in [0.1, 0.15) is 12.6 Å². The number of hydrogen-bond donors (Lipinski definition) is 1. The molecule has 24 heavy (non-hydrogen) atoms. The Labute approximate surface area is 139 Å².